The Morgan fingerprint density at radius 3 is 2.28 bits per heavy atom. The molecule has 1 aromatic heterocycles. The third kappa shape index (κ3) is 4.21. The molecule has 1 aliphatic heterocycles. The molecule has 2 heterocycles. The number of Topliss-reactive ketones (excluding diaryl/α,β-unsaturated/α-hetero) is 1. The lowest BCUT2D eigenvalue weighted by Gasteiger charge is -2.34. The molecule has 1 fully saturated rings. The maximum Gasteiger partial charge on any atom is 0.332 e. The van der Waals surface area contributed by atoms with Gasteiger partial charge in [-0.05, 0) is 24.2 Å². The molecular weight excluding hydrogens is 320 g/mol. The second kappa shape index (κ2) is 7.56. The Hall–Kier alpha value is -1.89. The van der Waals surface area contributed by atoms with E-state index in [1.165, 1.54) is 11.6 Å². The molecule has 0 aliphatic carbocycles. The summed E-state index contributed by atoms with van der Waals surface area (Å²) in [6.45, 7) is 10.4. The fraction of sp³-hybridized carbons (Fsp3) is 0.722. The molecule has 0 saturated carbocycles. The van der Waals surface area contributed by atoms with E-state index >= 15 is 0 Å². The molecule has 7 heteroatoms. The molecule has 0 aromatic carbocycles. The molecule has 2 N–H and O–H groups in total. The normalized spacial score (nSPS) is 21.7. The van der Waals surface area contributed by atoms with Crippen LogP contribution in [0.25, 0.3) is 0 Å². The van der Waals surface area contributed by atoms with Gasteiger partial charge in [-0.25, -0.2) is 4.79 Å². The highest BCUT2D eigenvalue weighted by atomic mass is 16.2. The van der Waals surface area contributed by atoms with Crippen LogP contribution in [0.15, 0.2) is 9.59 Å². The van der Waals surface area contributed by atoms with E-state index in [1.807, 2.05) is 13.8 Å². The van der Waals surface area contributed by atoms with Gasteiger partial charge in [0.15, 0.2) is 5.78 Å². The maximum absolute atomic E-state index is 12.8. The molecule has 140 valence electrons. The highest BCUT2D eigenvalue weighted by Gasteiger charge is 2.27. The van der Waals surface area contributed by atoms with Gasteiger partial charge in [0.2, 0.25) is 0 Å². The number of carbonyl (C=O) groups excluding carboxylic acids is 1. The average molecular weight is 350 g/mol. The number of nitrogens with two attached hydrogens (primary N) is 1. The lowest BCUT2D eigenvalue weighted by molar-refractivity contribution is 0.0847. The number of carbonyl (C=O) groups is 1. The van der Waals surface area contributed by atoms with Crippen LogP contribution in [0, 0.1) is 17.8 Å². The van der Waals surface area contributed by atoms with Gasteiger partial charge in [0.05, 0.1) is 6.54 Å². The van der Waals surface area contributed by atoms with Crippen LogP contribution >= 0.6 is 0 Å². The van der Waals surface area contributed by atoms with Crippen molar-refractivity contribution >= 4 is 11.6 Å². The van der Waals surface area contributed by atoms with Gasteiger partial charge in [-0.15, -0.1) is 0 Å². The zero-order valence-electron chi connectivity index (χ0n) is 15.9. The SMILES string of the molecule is CC(C)Cn1c(N)c(C(=O)CN2CC(C)CC(C)C2)c(=O)n(C)c1=O. The summed E-state index contributed by atoms with van der Waals surface area (Å²) in [7, 11) is 1.39. The Bertz CT molecular complexity index is 753. The Morgan fingerprint density at radius 2 is 1.76 bits per heavy atom. The first-order valence-electron chi connectivity index (χ1n) is 8.96. The van der Waals surface area contributed by atoms with Crippen LogP contribution in [-0.4, -0.2) is 39.5 Å². The fourth-order valence-electron chi connectivity index (χ4n) is 3.79. The van der Waals surface area contributed by atoms with Gasteiger partial charge in [0.1, 0.15) is 11.4 Å². The minimum atomic E-state index is -0.606. The number of likely N-dealkylation sites (tertiary alicyclic amines) is 1. The highest BCUT2D eigenvalue weighted by molar-refractivity contribution is 6.01. The van der Waals surface area contributed by atoms with E-state index in [1.54, 1.807) is 0 Å². The van der Waals surface area contributed by atoms with Crippen LogP contribution in [0.3, 0.4) is 0 Å². The number of anilines is 1. The Morgan fingerprint density at radius 1 is 1.20 bits per heavy atom. The number of nitrogens with zero attached hydrogens (tertiary/aromatic N) is 3. The number of piperidine rings is 1. The van der Waals surface area contributed by atoms with Gasteiger partial charge >= 0.3 is 5.69 Å². The van der Waals surface area contributed by atoms with E-state index in [0.717, 1.165) is 24.1 Å². The number of rotatable bonds is 5. The van der Waals surface area contributed by atoms with E-state index in [0.29, 0.717) is 18.4 Å². The minimum absolute atomic E-state index is 0.00935. The van der Waals surface area contributed by atoms with E-state index in [4.69, 9.17) is 5.73 Å². The largest absolute Gasteiger partial charge is 0.384 e. The van der Waals surface area contributed by atoms with Crippen LogP contribution < -0.4 is 17.0 Å². The molecular formula is C18H30N4O3. The van der Waals surface area contributed by atoms with Crippen LogP contribution in [0.1, 0.15) is 44.5 Å². The third-order valence-electron chi connectivity index (χ3n) is 4.72. The van der Waals surface area contributed by atoms with Gasteiger partial charge < -0.3 is 5.73 Å². The first kappa shape index (κ1) is 19.4. The summed E-state index contributed by atoms with van der Waals surface area (Å²) >= 11 is 0. The summed E-state index contributed by atoms with van der Waals surface area (Å²) in [4.78, 5) is 39.7. The summed E-state index contributed by atoms with van der Waals surface area (Å²) in [5.74, 6) is 0.893. The third-order valence-corrected chi connectivity index (χ3v) is 4.72. The van der Waals surface area contributed by atoms with Crippen LogP contribution in [-0.2, 0) is 13.6 Å². The molecule has 1 aromatic rings. The minimum Gasteiger partial charge on any atom is -0.384 e. The van der Waals surface area contributed by atoms with Crippen molar-refractivity contribution in [2.24, 2.45) is 24.8 Å². The molecule has 0 spiro atoms. The second-order valence-corrected chi connectivity index (χ2v) is 7.97. The molecule has 0 bridgehead atoms. The first-order chi connectivity index (χ1) is 11.6. The van der Waals surface area contributed by atoms with Crippen molar-refractivity contribution in [3.63, 3.8) is 0 Å². The van der Waals surface area contributed by atoms with Gasteiger partial charge in [0, 0.05) is 26.7 Å². The molecule has 2 rings (SSSR count). The van der Waals surface area contributed by atoms with E-state index in [9.17, 15) is 14.4 Å². The molecule has 0 radical (unpaired) electrons. The zero-order chi connectivity index (χ0) is 18.9. The van der Waals surface area contributed by atoms with Gasteiger partial charge in [-0.1, -0.05) is 27.7 Å². The standard InChI is InChI=1S/C18H30N4O3/c1-11(2)7-22-16(19)15(17(24)20(5)18(22)25)14(23)10-21-8-12(3)6-13(4)9-21/h11-13H,6-10,19H2,1-5H3. The van der Waals surface area contributed by atoms with Crippen LogP contribution in [0.5, 0.6) is 0 Å². The average Bonchev–Trinajstić information content (AvgIpc) is 2.48. The van der Waals surface area contributed by atoms with Crippen LogP contribution in [0.4, 0.5) is 5.82 Å². The molecule has 1 saturated heterocycles. The summed E-state index contributed by atoms with van der Waals surface area (Å²) in [5, 5.41) is 0. The number of nitrogen functional groups attached to an aromatic ring is 1. The van der Waals surface area contributed by atoms with Crippen molar-refractivity contribution in [3.05, 3.63) is 26.4 Å². The molecule has 2 unspecified atom stereocenters. The first-order valence-corrected chi connectivity index (χ1v) is 8.96. The number of hydrogen-bond donors (Lipinski definition) is 1. The van der Waals surface area contributed by atoms with Crippen molar-refractivity contribution in [2.75, 3.05) is 25.4 Å². The van der Waals surface area contributed by atoms with Crippen molar-refractivity contribution < 1.29 is 4.79 Å². The smallest absolute Gasteiger partial charge is 0.332 e. The lowest BCUT2D eigenvalue weighted by atomic mass is 9.91. The monoisotopic (exact) mass is 350 g/mol. The predicted molar refractivity (Wildman–Crippen MR) is 98.9 cm³/mol. The maximum atomic E-state index is 12.8. The Labute approximate surface area is 148 Å². The van der Waals surface area contributed by atoms with Crippen molar-refractivity contribution in [1.29, 1.82) is 0 Å². The van der Waals surface area contributed by atoms with Crippen molar-refractivity contribution in [3.8, 4) is 0 Å². The summed E-state index contributed by atoms with van der Waals surface area (Å²) < 4.78 is 2.31. The van der Waals surface area contributed by atoms with Gasteiger partial charge in [0.25, 0.3) is 5.56 Å². The second-order valence-electron chi connectivity index (χ2n) is 7.97. The summed E-state index contributed by atoms with van der Waals surface area (Å²) in [5.41, 5.74) is 4.93. The predicted octanol–water partition coefficient (Wildman–Crippen LogP) is 0.946. The number of aromatic nitrogens is 2. The summed E-state index contributed by atoms with van der Waals surface area (Å²) in [6.07, 6.45) is 1.15. The highest BCUT2D eigenvalue weighted by Crippen LogP contribution is 2.21. The quantitative estimate of drug-likeness (QED) is 0.799. The number of ketones is 1. The van der Waals surface area contributed by atoms with E-state index in [2.05, 4.69) is 18.7 Å². The van der Waals surface area contributed by atoms with Gasteiger partial charge in [-0.3, -0.25) is 23.6 Å². The topological polar surface area (TPSA) is 90.3 Å². The van der Waals surface area contributed by atoms with E-state index in [-0.39, 0.29) is 29.6 Å². The van der Waals surface area contributed by atoms with Crippen molar-refractivity contribution in [1.82, 2.24) is 14.0 Å². The van der Waals surface area contributed by atoms with E-state index < -0.39 is 11.2 Å². The zero-order valence-corrected chi connectivity index (χ0v) is 15.9. The molecule has 7 nitrogen and oxygen atoms in total. The Kier molecular flexibility index (Phi) is 5.87. The van der Waals surface area contributed by atoms with Gasteiger partial charge in [-0.2, -0.15) is 0 Å². The Balaban J connectivity index is 2.37. The van der Waals surface area contributed by atoms with Crippen molar-refractivity contribution in [2.45, 2.75) is 40.7 Å². The lowest BCUT2D eigenvalue weighted by Crippen LogP contribution is -2.46. The van der Waals surface area contributed by atoms with Crippen LogP contribution in [0.2, 0.25) is 0 Å². The molecule has 0 amide bonds. The molecule has 25 heavy (non-hydrogen) atoms. The fourth-order valence-corrected chi connectivity index (χ4v) is 3.79. The summed E-state index contributed by atoms with van der Waals surface area (Å²) in [6, 6.07) is 0. The molecule has 1 aliphatic rings. The molecule has 2 atom stereocenters. The number of hydrogen-bond acceptors (Lipinski definition) is 5.